The van der Waals surface area contributed by atoms with E-state index in [1.165, 1.54) is 42.4 Å². The van der Waals surface area contributed by atoms with Crippen LogP contribution in [0.4, 0.5) is 26.3 Å². The Morgan fingerprint density at radius 1 is 0.680 bits per heavy atom. The van der Waals surface area contributed by atoms with E-state index < -0.39 is 23.5 Å². The van der Waals surface area contributed by atoms with Gasteiger partial charge in [-0.1, -0.05) is 0 Å². The van der Waals surface area contributed by atoms with Crippen molar-refractivity contribution >= 4 is 14.4 Å². The SMILES string of the molecule is CCCCC1C=C(C(C)(C)C)C=C1c1c2c(ccc1=C(c1cccc(C(F)(F)F)c1)c1cccc(C(F)(F)F)c1)=c1ccccc1=[C]2[Zr+2].[Cl-].[Cl-]. The largest absolute Gasteiger partial charge is 1.00 e. The molecule has 2 aliphatic carbocycles. The number of fused-ring (bicyclic) bond motifs is 2. The van der Waals surface area contributed by atoms with Gasteiger partial charge in [0.2, 0.25) is 0 Å². The van der Waals surface area contributed by atoms with Crippen LogP contribution in [0, 0.1) is 21.8 Å². The molecule has 4 aromatic carbocycles. The molecule has 0 spiro atoms. The van der Waals surface area contributed by atoms with E-state index in [-0.39, 0.29) is 47.3 Å². The van der Waals surface area contributed by atoms with Crippen LogP contribution < -0.4 is 35.3 Å². The van der Waals surface area contributed by atoms with Gasteiger partial charge in [-0.15, -0.1) is 0 Å². The third-order valence-electron chi connectivity index (χ3n) is 9.28. The minimum atomic E-state index is -4.63. The third kappa shape index (κ3) is 7.66. The maximum absolute atomic E-state index is 14.1. The number of rotatable bonds is 6. The van der Waals surface area contributed by atoms with E-state index in [1.807, 2.05) is 24.3 Å². The topological polar surface area (TPSA) is 0 Å². The van der Waals surface area contributed by atoms with Gasteiger partial charge in [-0.3, -0.25) is 0 Å². The Labute approximate surface area is 316 Å². The molecule has 0 nitrogen and oxygen atoms in total. The second-order valence-electron chi connectivity index (χ2n) is 13.6. The molecule has 0 aromatic heterocycles. The van der Waals surface area contributed by atoms with Crippen LogP contribution in [0.1, 0.15) is 80.3 Å². The normalized spacial score (nSPS) is 15.4. The Hall–Kier alpha value is -2.86. The fourth-order valence-electron chi connectivity index (χ4n) is 6.86. The number of halogens is 8. The molecule has 1 unspecified atom stereocenters. The maximum Gasteiger partial charge on any atom is -1.00 e. The molecule has 0 amide bonds. The standard InChI is InChI=1S/C41H35F6.2ClH.Zr/c1-5-6-11-25-20-31(39(2,3)4)24-35(25)38-34(19-18-33-32-17-8-7-12-26(32)23-36(33)38)37(27-13-9-15-29(21-27)40(42,43)44)28-14-10-16-30(22-28)41(45,46)47;;;/h7-10,12-22,24-25H,5-6,11H2,1-4H3;2*1H;/q;;;+2/p-2. The average Bonchev–Trinajstić information content (AvgIpc) is 3.59. The van der Waals surface area contributed by atoms with Crippen LogP contribution in [0.5, 0.6) is 0 Å². The van der Waals surface area contributed by atoms with Crippen molar-refractivity contribution in [3.05, 3.63) is 157 Å². The van der Waals surface area contributed by atoms with Crippen molar-refractivity contribution in [2.45, 2.75) is 59.3 Å². The van der Waals surface area contributed by atoms with E-state index in [1.54, 1.807) is 12.1 Å². The number of hydrogen-bond donors (Lipinski definition) is 0. The van der Waals surface area contributed by atoms with Crippen LogP contribution in [0.3, 0.4) is 0 Å². The third-order valence-corrected chi connectivity index (χ3v) is 10.6. The zero-order valence-corrected chi connectivity index (χ0v) is 31.9. The molecular formula is C41H35Cl2F6Zr. The van der Waals surface area contributed by atoms with Crippen molar-refractivity contribution in [1.82, 2.24) is 0 Å². The van der Waals surface area contributed by atoms with Crippen LogP contribution in [0.2, 0.25) is 0 Å². The fraction of sp³-hybridized carbons (Fsp3) is 0.268. The number of unbranched alkanes of at least 4 members (excludes halogenated alkanes) is 1. The minimum Gasteiger partial charge on any atom is -1.00 e. The summed E-state index contributed by atoms with van der Waals surface area (Å²) in [5, 5.41) is 3.84. The van der Waals surface area contributed by atoms with E-state index in [2.05, 4.69) is 52.0 Å². The van der Waals surface area contributed by atoms with E-state index in [4.69, 9.17) is 0 Å². The van der Waals surface area contributed by atoms with Gasteiger partial charge in [-0.2, -0.15) is 0 Å². The van der Waals surface area contributed by atoms with Gasteiger partial charge in [0.15, 0.2) is 0 Å². The first-order chi connectivity index (χ1) is 22.6. The molecule has 0 N–H and O–H groups in total. The summed E-state index contributed by atoms with van der Waals surface area (Å²) in [7, 11) is 0. The van der Waals surface area contributed by atoms with Crippen LogP contribution in [0.15, 0.2) is 103 Å². The number of alkyl halides is 6. The van der Waals surface area contributed by atoms with Crippen LogP contribution in [0.25, 0.3) is 14.4 Å². The first-order valence-corrected chi connectivity index (χ1v) is 17.3. The van der Waals surface area contributed by atoms with Gasteiger partial charge in [0, 0.05) is 0 Å². The molecule has 50 heavy (non-hydrogen) atoms. The number of benzene rings is 4. The summed E-state index contributed by atoms with van der Waals surface area (Å²) in [5.41, 5.74) is 3.01. The quantitative estimate of drug-likeness (QED) is 0.253. The molecule has 0 fully saturated rings. The van der Waals surface area contributed by atoms with Crippen LogP contribution in [-0.4, -0.2) is 0 Å². The van der Waals surface area contributed by atoms with Gasteiger partial charge >= 0.3 is 293 Å². The summed E-state index contributed by atoms with van der Waals surface area (Å²) >= 11 is 1.17. The molecule has 0 saturated heterocycles. The smallest absolute Gasteiger partial charge is 1.00 e. The summed E-state index contributed by atoms with van der Waals surface area (Å²) in [5.74, 6) is 0.0426. The van der Waals surface area contributed by atoms with Gasteiger partial charge in [0.05, 0.1) is 0 Å². The van der Waals surface area contributed by atoms with Gasteiger partial charge < -0.3 is 24.8 Å². The molecule has 259 valence electrons. The van der Waals surface area contributed by atoms with Gasteiger partial charge in [-0.05, 0) is 0 Å². The van der Waals surface area contributed by atoms with Crippen LogP contribution >= 0.6 is 0 Å². The Kier molecular flexibility index (Phi) is 12.0. The van der Waals surface area contributed by atoms with Gasteiger partial charge in [0.1, 0.15) is 0 Å². The van der Waals surface area contributed by atoms with Gasteiger partial charge in [0.25, 0.3) is 0 Å². The molecule has 0 saturated carbocycles. The molecule has 0 aliphatic heterocycles. The van der Waals surface area contributed by atoms with Crippen LogP contribution in [-0.2, 0) is 37.1 Å². The Balaban J connectivity index is 0.00000281. The predicted octanol–water partition coefficient (Wildman–Crippen LogP) is 4.46. The molecule has 2 aliphatic rings. The van der Waals surface area contributed by atoms with E-state index in [0.29, 0.717) is 10.8 Å². The molecule has 0 heterocycles. The van der Waals surface area contributed by atoms with Crippen molar-refractivity contribution in [3.8, 4) is 0 Å². The Morgan fingerprint density at radius 2 is 1.24 bits per heavy atom. The molecule has 0 bridgehead atoms. The second-order valence-corrected chi connectivity index (χ2v) is 14.8. The molecule has 1 atom stereocenters. The monoisotopic (exact) mass is 801 g/mol. The summed E-state index contributed by atoms with van der Waals surface area (Å²) in [6, 6.07) is 21.9. The Morgan fingerprint density at radius 3 is 1.76 bits per heavy atom. The summed E-state index contributed by atoms with van der Waals surface area (Å²) in [6.07, 6.45) is -1.87. The number of hydrogen-bond acceptors (Lipinski definition) is 0. The van der Waals surface area contributed by atoms with Crippen molar-refractivity contribution in [2.24, 2.45) is 11.3 Å². The summed E-state index contributed by atoms with van der Waals surface area (Å²) in [6.45, 7) is 8.62. The van der Waals surface area contributed by atoms with Crippen molar-refractivity contribution in [1.29, 1.82) is 0 Å². The molecule has 4 aromatic rings. The average molecular weight is 804 g/mol. The molecule has 9 heteroatoms. The minimum absolute atomic E-state index is 0. The summed E-state index contributed by atoms with van der Waals surface area (Å²) < 4.78 is 85.8. The maximum atomic E-state index is 14.1. The first-order valence-electron chi connectivity index (χ1n) is 16.1. The number of allylic oxidation sites excluding steroid dienone is 4. The summed E-state index contributed by atoms with van der Waals surface area (Å²) in [4.78, 5) is 0. The molecular weight excluding hydrogens is 769 g/mol. The zero-order chi connectivity index (χ0) is 34.6. The van der Waals surface area contributed by atoms with Gasteiger partial charge in [-0.25, -0.2) is 0 Å². The molecule has 0 radical (unpaired) electrons. The zero-order valence-electron chi connectivity index (χ0n) is 28.0. The van der Waals surface area contributed by atoms with Crippen molar-refractivity contribution in [2.75, 3.05) is 0 Å². The predicted molar refractivity (Wildman–Crippen MR) is 175 cm³/mol. The van der Waals surface area contributed by atoms with E-state index >= 15 is 0 Å². The van der Waals surface area contributed by atoms with E-state index in [9.17, 15) is 26.3 Å². The van der Waals surface area contributed by atoms with E-state index in [0.717, 1.165) is 79.2 Å². The van der Waals surface area contributed by atoms with Crippen molar-refractivity contribution < 1.29 is 75.9 Å². The Bertz CT molecular complexity index is 2150. The fourth-order valence-corrected chi connectivity index (χ4v) is 8.04. The second kappa shape index (κ2) is 15.0. The first kappa shape index (κ1) is 39.9. The molecule has 6 rings (SSSR count). The van der Waals surface area contributed by atoms with Crippen molar-refractivity contribution in [3.63, 3.8) is 0 Å².